The Hall–Kier alpha value is -4.94. The fourth-order valence-corrected chi connectivity index (χ4v) is 4.06. The highest BCUT2D eigenvalue weighted by molar-refractivity contribution is 6.30. The number of nitrogens with zero attached hydrogens (tertiary/aromatic N) is 1. The van der Waals surface area contributed by atoms with Gasteiger partial charge in [0, 0.05) is 5.02 Å². The number of carbonyl (C=O) groups is 2. The number of hydrogen-bond acceptors (Lipinski definition) is 5. The summed E-state index contributed by atoms with van der Waals surface area (Å²) in [6.07, 6.45) is 1.51. The predicted molar refractivity (Wildman–Crippen MR) is 153 cm³/mol. The molecule has 0 aromatic heterocycles. The zero-order valence-electron chi connectivity index (χ0n) is 20.7. The summed E-state index contributed by atoms with van der Waals surface area (Å²) in [5.41, 5.74) is 5.03. The molecule has 1 N–H and O–H groups in total. The molecule has 6 nitrogen and oxygen atoms in total. The Morgan fingerprint density at radius 2 is 1.46 bits per heavy atom. The number of fused-ring (bicyclic) bond motifs is 1. The number of amides is 1. The smallest absolute Gasteiger partial charge is 0.344 e. The molecule has 1 amide bonds. The highest BCUT2D eigenvalue weighted by Crippen LogP contribution is 2.22. The fraction of sp³-hybridized carbons (Fsp3) is 0.0312. The molecule has 0 spiro atoms. The van der Waals surface area contributed by atoms with Crippen LogP contribution in [-0.2, 0) is 6.61 Å². The second-order valence-corrected chi connectivity index (χ2v) is 9.03. The van der Waals surface area contributed by atoms with Crippen molar-refractivity contribution in [2.24, 2.45) is 5.10 Å². The Morgan fingerprint density at radius 3 is 2.28 bits per heavy atom. The summed E-state index contributed by atoms with van der Waals surface area (Å²) in [4.78, 5) is 25.5. The molecule has 5 rings (SSSR count). The number of hydrogen-bond donors (Lipinski definition) is 1. The van der Waals surface area contributed by atoms with Gasteiger partial charge in [-0.2, -0.15) is 5.10 Å². The largest absolute Gasteiger partial charge is 0.488 e. The molecule has 0 aliphatic rings. The molecule has 0 fully saturated rings. The number of rotatable bonds is 8. The van der Waals surface area contributed by atoms with Gasteiger partial charge in [0.25, 0.3) is 5.91 Å². The quantitative estimate of drug-likeness (QED) is 0.100. The number of para-hydroxylation sites is 1. The fourth-order valence-electron chi connectivity index (χ4n) is 3.93. The van der Waals surface area contributed by atoms with E-state index in [-0.39, 0.29) is 0 Å². The molecule has 7 heteroatoms. The van der Waals surface area contributed by atoms with Gasteiger partial charge in [-0.25, -0.2) is 10.2 Å². The number of esters is 1. The summed E-state index contributed by atoms with van der Waals surface area (Å²) >= 11 is 5.93. The topological polar surface area (TPSA) is 77.0 Å². The van der Waals surface area contributed by atoms with Crippen LogP contribution in [0.4, 0.5) is 0 Å². The van der Waals surface area contributed by atoms with E-state index < -0.39 is 11.9 Å². The Balaban J connectivity index is 1.18. The van der Waals surface area contributed by atoms with Crippen LogP contribution in [0.25, 0.3) is 10.8 Å². The molecule has 39 heavy (non-hydrogen) atoms. The lowest BCUT2D eigenvalue weighted by Gasteiger charge is -2.10. The first kappa shape index (κ1) is 25.7. The van der Waals surface area contributed by atoms with Crippen LogP contribution in [0.3, 0.4) is 0 Å². The summed E-state index contributed by atoms with van der Waals surface area (Å²) in [5.74, 6) is 0.00872. The van der Waals surface area contributed by atoms with Crippen LogP contribution in [-0.4, -0.2) is 18.1 Å². The van der Waals surface area contributed by atoms with Gasteiger partial charge >= 0.3 is 5.97 Å². The zero-order chi connectivity index (χ0) is 27.0. The normalized spacial score (nSPS) is 10.9. The van der Waals surface area contributed by atoms with Crippen LogP contribution >= 0.6 is 11.6 Å². The van der Waals surface area contributed by atoms with Gasteiger partial charge < -0.3 is 9.47 Å². The number of benzene rings is 5. The first-order valence-corrected chi connectivity index (χ1v) is 12.5. The van der Waals surface area contributed by atoms with Crippen molar-refractivity contribution >= 4 is 40.5 Å². The lowest BCUT2D eigenvalue weighted by molar-refractivity contribution is 0.0736. The third kappa shape index (κ3) is 6.50. The minimum absolute atomic E-state index is 0.294. The molecule has 0 saturated heterocycles. The van der Waals surface area contributed by atoms with Crippen molar-refractivity contribution in [1.82, 2.24) is 5.43 Å². The lowest BCUT2D eigenvalue weighted by Crippen LogP contribution is -2.18. The molecule has 0 bridgehead atoms. The van der Waals surface area contributed by atoms with Crippen molar-refractivity contribution in [3.05, 3.63) is 143 Å². The average molecular weight is 535 g/mol. The highest BCUT2D eigenvalue weighted by atomic mass is 35.5. The van der Waals surface area contributed by atoms with E-state index in [0.29, 0.717) is 39.8 Å². The number of nitrogens with one attached hydrogen (secondary N) is 1. The van der Waals surface area contributed by atoms with Crippen LogP contribution in [0, 0.1) is 0 Å². The standard InChI is InChI=1S/C32H23ClN2O4/c33-25-16-12-23(13-17-25)21-38-30-11-4-3-9-29(30)31(36)35-34-20-22-14-18-26(19-15-22)39-32(37)28-10-5-7-24-6-1-2-8-27(24)28/h1-20H,21H2,(H,35,36)/b34-20-. The van der Waals surface area contributed by atoms with Gasteiger partial charge in [-0.15, -0.1) is 0 Å². The molecule has 0 saturated carbocycles. The molecule has 0 aliphatic heterocycles. The maximum absolute atomic E-state index is 12.8. The first-order chi connectivity index (χ1) is 19.1. The van der Waals surface area contributed by atoms with Crippen molar-refractivity contribution in [1.29, 1.82) is 0 Å². The van der Waals surface area contributed by atoms with Crippen LogP contribution in [0.2, 0.25) is 5.02 Å². The molecule has 0 radical (unpaired) electrons. The minimum Gasteiger partial charge on any atom is -0.488 e. The van der Waals surface area contributed by atoms with Gasteiger partial charge in [0.15, 0.2) is 0 Å². The molecular weight excluding hydrogens is 512 g/mol. The Kier molecular flexibility index (Phi) is 7.95. The molecule has 5 aromatic carbocycles. The predicted octanol–water partition coefficient (Wildman–Crippen LogP) is 7.06. The molecule has 5 aromatic rings. The molecule has 0 aliphatic carbocycles. The summed E-state index contributed by atoms with van der Waals surface area (Å²) < 4.78 is 11.4. The van der Waals surface area contributed by atoms with Crippen LogP contribution in [0.15, 0.2) is 120 Å². The van der Waals surface area contributed by atoms with Gasteiger partial charge in [-0.1, -0.05) is 72.3 Å². The highest BCUT2D eigenvalue weighted by Gasteiger charge is 2.13. The van der Waals surface area contributed by atoms with E-state index >= 15 is 0 Å². The summed E-state index contributed by atoms with van der Waals surface area (Å²) in [6.45, 7) is 0.294. The Labute approximate surface area is 230 Å². The molecule has 192 valence electrons. The van der Waals surface area contributed by atoms with Crippen molar-refractivity contribution in [2.45, 2.75) is 6.61 Å². The van der Waals surface area contributed by atoms with Gasteiger partial charge in [-0.05, 0) is 76.5 Å². The first-order valence-electron chi connectivity index (χ1n) is 12.2. The Morgan fingerprint density at radius 1 is 0.769 bits per heavy atom. The van der Waals surface area contributed by atoms with Gasteiger partial charge in [0.1, 0.15) is 18.1 Å². The number of halogens is 1. The van der Waals surface area contributed by atoms with E-state index in [9.17, 15) is 9.59 Å². The average Bonchev–Trinajstić information content (AvgIpc) is 2.97. The summed E-state index contributed by atoms with van der Waals surface area (Å²) in [6, 6.07) is 34.3. The van der Waals surface area contributed by atoms with Crippen LogP contribution < -0.4 is 14.9 Å². The van der Waals surface area contributed by atoms with E-state index in [0.717, 1.165) is 16.3 Å². The van der Waals surface area contributed by atoms with Crippen molar-refractivity contribution in [3.8, 4) is 11.5 Å². The lowest BCUT2D eigenvalue weighted by atomic mass is 10.0. The Bertz CT molecular complexity index is 1640. The van der Waals surface area contributed by atoms with Gasteiger partial charge in [0.05, 0.1) is 17.3 Å². The van der Waals surface area contributed by atoms with Gasteiger partial charge in [0.2, 0.25) is 0 Å². The maximum Gasteiger partial charge on any atom is 0.344 e. The van der Waals surface area contributed by atoms with E-state index in [2.05, 4.69) is 10.5 Å². The maximum atomic E-state index is 12.8. The monoisotopic (exact) mass is 534 g/mol. The summed E-state index contributed by atoms with van der Waals surface area (Å²) in [5, 5.41) is 6.51. The summed E-state index contributed by atoms with van der Waals surface area (Å²) in [7, 11) is 0. The number of carbonyl (C=O) groups excluding carboxylic acids is 2. The molecule has 0 heterocycles. The van der Waals surface area contributed by atoms with Crippen LogP contribution in [0.1, 0.15) is 31.8 Å². The van der Waals surface area contributed by atoms with E-state index in [1.54, 1.807) is 66.7 Å². The van der Waals surface area contributed by atoms with E-state index in [4.69, 9.17) is 21.1 Å². The van der Waals surface area contributed by atoms with E-state index in [1.807, 2.05) is 48.5 Å². The second kappa shape index (κ2) is 12.1. The van der Waals surface area contributed by atoms with E-state index in [1.165, 1.54) is 6.21 Å². The number of hydrazone groups is 1. The second-order valence-electron chi connectivity index (χ2n) is 8.60. The van der Waals surface area contributed by atoms with Crippen molar-refractivity contribution in [2.75, 3.05) is 0 Å². The zero-order valence-corrected chi connectivity index (χ0v) is 21.5. The molecule has 0 atom stereocenters. The minimum atomic E-state index is -0.433. The molecule has 0 unspecified atom stereocenters. The number of ether oxygens (including phenoxy) is 2. The molecular formula is C32H23ClN2O4. The third-order valence-electron chi connectivity index (χ3n) is 5.92. The third-order valence-corrected chi connectivity index (χ3v) is 6.17. The van der Waals surface area contributed by atoms with Crippen molar-refractivity contribution < 1.29 is 19.1 Å². The van der Waals surface area contributed by atoms with Crippen LogP contribution in [0.5, 0.6) is 11.5 Å². The SMILES string of the molecule is O=C(N/N=C\c1ccc(OC(=O)c2cccc3ccccc23)cc1)c1ccccc1OCc1ccc(Cl)cc1. The van der Waals surface area contributed by atoms with Gasteiger partial charge in [-0.3, -0.25) is 4.79 Å². The van der Waals surface area contributed by atoms with Crippen molar-refractivity contribution in [3.63, 3.8) is 0 Å².